The number of nitro benzene ring substituents is 1. The van der Waals surface area contributed by atoms with Crippen LogP contribution in [0, 0.1) is 10.1 Å². The number of pyridine rings is 1. The number of nitrogens with zero attached hydrogens (tertiary/aromatic N) is 2. The number of ether oxygens (including phenoxy) is 1. The summed E-state index contributed by atoms with van der Waals surface area (Å²) in [5, 5.41) is 24.0. The van der Waals surface area contributed by atoms with Crippen LogP contribution in [0.2, 0.25) is 0 Å². The molecule has 0 aliphatic heterocycles. The van der Waals surface area contributed by atoms with Gasteiger partial charge in [-0.1, -0.05) is 6.07 Å². The Morgan fingerprint density at radius 3 is 2.73 bits per heavy atom. The minimum atomic E-state index is -0.656. The summed E-state index contributed by atoms with van der Waals surface area (Å²) in [6, 6.07) is 8.26. The van der Waals surface area contributed by atoms with E-state index in [9.17, 15) is 15.2 Å². The van der Waals surface area contributed by atoms with Crippen molar-refractivity contribution in [2.24, 2.45) is 0 Å². The maximum absolute atomic E-state index is 11.0. The smallest absolute Gasteiger partial charge is 0.311 e. The van der Waals surface area contributed by atoms with E-state index >= 15 is 0 Å². The fourth-order valence-electron chi connectivity index (χ4n) is 2.04. The van der Waals surface area contributed by atoms with Gasteiger partial charge in [0.15, 0.2) is 5.75 Å². The monoisotopic (exact) mass is 303 g/mol. The van der Waals surface area contributed by atoms with Gasteiger partial charge in [0.2, 0.25) is 0 Å². The highest BCUT2D eigenvalue weighted by Gasteiger charge is 2.15. The van der Waals surface area contributed by atoms with Gasteiger partial charge in [-0.2, -0.15) is 0 Å². The first-order chi connectivity index (χ1) is 10.6. The lowest BCUT2D eigenvalue weighted by molar-refractivity contribution is -0.385. The van der Waals surface area contributed by atoms with Gasteiger partial charge in [-0.15, -0.1) is 0 Å². The van der Waals surface area contributed by atoms with E-state index < -0.39 is 11.0 Å². The van der Waals surface area contributed by atoms with Crippen molar-refractivity contribution in [3.05, 3.63) is 64.0 Å². The van der Waals surface area contributed by atoms with Crippen molar-refractivity contribution < 1.29 is 14.8 Å². The number of methoxy groups -OCH3 is 1. The summed E-state index contributed by atoms with van der Waals surface area (Å²) >= 11 is 0. The Labute approximate surface area is 127 Å². The summed E-state index contributed by atoms with van der Waals surface area (Å²) in [4.78, 5) is 14.4. The normalized spacial score (nSPS) is 11.9. The third-order valence-corrected chi connectivity index (χ3v) is 3.20. The largest absolute Gasteiger partial charge is 0.490 e. The Morgan fingerprint density at radius 1 is 1.36 bits per heavy atom. The fourth-order valence-corrected chi connectivity index (χ4v) is 2.04. The first kappa shape index (κ1) is 15.9. The van der Waals surface area contributed by atoms with Gasteiger partial charge in [0, 0.05) is 31.5 Å². The van der Waals surface area contributed by atoms with Crippen LogP contribution in [0.1, 0.15) is 17.2 Å². The Balaban J connectivity index is 1.94. The quantitative estimate of drug-likeness (QED) is 0.598. The van der Waals surface area contributed by atoms with Gasteiger partial charge in [-0.25, -0.2) is 0 Å². The number of nitrogens with one attached hydrogen (secondary N) is 1. The van der Waals surface area contributed by atoms with Crippen molar-refractivity contribution in [2.75, 3.05) is 13.7 Å². The molecule has 2 N–H and O–H groups in total. The minimum Gasteiger partial charge on any atom is -0.490 e. The Kier molecular flexibility index (Phi) is 5.40. The molecule has 7 nitrogen and oxygen atoms in total. The predicted octanol–water partition coefficient (Wildman–Crippen LogP) is 1.82. The lowest BCUT2D eigenvalue weighted by Crippen LogP contribution is -2.21. The van der Waals surface area contributed by atoms with Crippen LogP contribution in [0.5, 0.6) is 5.75 Å². The number of hydrogen-bond acceptors (Lipinski definition) is 6. The highest BCUT2D eigenvalue weighted by atomic mass is 16.6. The number of nitro groups is 1. The summed E-state index contributed by atoms with van der Waals surface area (Å²) in [6.45, 7) is 0.747. The molecule has 0 saturated heterocycles. The topological polar surface area (TPSA) is 97.5 Å². The number of aromatic nitrogens is 1. The molecule has 2 rings (SSSR count). The first-order valence-electron chi connectivity index (χ1n) is 6.72. The molecule has 0 amide bonds. The predicted molar refractivity (Wildman–Crippen MR) is 80.6 cm³/mol. The Bertz CT molecular complexity index is 634. The zero-order valence-corrected chi connectivity index (χ0v) is 12.1. The van der Waals surface area contributed by atoms with Crippen molar-refractivity contribution in [1.82, 2.24) is 10.3 Å². The second-order valence-corrected chi connectivity index (χ2v) is 4.69. The van der Waals surface area contributed by atoms with Crippen LogP contribution >= 0.6 is 0 Å². The summed E-state index contributed by atoms with van der Waals surface area (Å²) in [5.41, 5.74) is 1.44. The van der Waals surface area contributed by atoms with Gasteiger partial charge in [0.25, 0.3) is 0 Å². The molecule has 7 heteroatoms. The average molecular weight is 303 g/mol. The van der Waals surface area contributed by atoms with E-state index in [2.05, 4.69) is 10.3 Å². The molecular weight excluding hydrogens is 286 g/mol. The van der Waals surface area contributed by atoms with E-state index in [1.807, 2.05) is 0 Å². The molecule has 0 bridgehead atoms. The number of hydrogen-bond donors (Lipinski definition) is 2. The van der Waals surface area contributed by atoms with Crippen molar-refractivity contribution in [3.8, 4) is 5.75 Å². The number of rotatable bonds is 7. The van der Waals surface area contributed by atoms with Gasteiger partial charge >= 0.3 is 5.69 Å². The van der Waals surface area contributed by atoms with Gasteiger partial charge < -0.3 is 15.2 Å². The number of aliphatic hydroxyl groups is 1. The fraction of sp³-hybridized carbons (Fsp3) is 0.267. The summed E-state index contributed by atoms with van der Waals surface area (Å²) < 4.78 is 4.95. The molecule has 0 saturated carbocycles. The van der Waals surface area contributed by atoms with E-state index in [0.29, 0.717) is 13.1 Å². The van der Waals surface area contributed by atoms with E-state index in [0.717, 1.165) is 11.1 Å². The van der Waals surface area contributed by atoms with Crippen molar-refractivity contribution in [2.45, 2.75) is 12.6 Å². The Morgan fingerprint density at radius 2 is 2.09 bits per heavy atom. The second kappa shape index (κ2) is 7.48. The number of aliphatic hydroxyl groups excluding tert-OH is 1. The minimum absolute atomic E-state index is 0.0727. The molecule has 22 heavy (non-hydrogen) atoms. The lowest BCUT2D eigenvalue weighted by atomic mass is 10.1. The maximum atomic E-state index is 11.0. The second-order valence-electron chi connectivity index (χ2n) is 4.69. The molecule has 2 aromatic rings. The molecule has 0 aliphatic carbocycles. The molecule has 1 unspecified atom stereocenters. The zero-order valence-electron chi connectivity index (χ0n) is 12.1. The van der Waals surface area contributed by atoms with Gasteiger partial charge in [-0.3, -0.25) is 15.1 Å². The van der Waals surface area contributed by atoms with Crippen LogP contribution in [-0.4, -0.2) is 28.7 Å². The Hall–Kier alpha value is -2.51. The number of benzene rings is 1. The molecule has 0 fully saturated rings. The average Bonchev–Trinajstić information content (AvgIpc) is 2.55. The van der Waals surface area contributed by atoms with Crippen molar-refractivity contribution in [3.63, 3.8) is 0 Å². The van der Waals surface area contributed by atoms with Crippen molar-refractivity contribution in [1.29, 1.82) is 0 Å². The molecule has 0 aliphatic rings. The molecule has 116 valence electrons. The zero-order chi connectivity index (χ0) is 15.9. The molecule has 0 radical (unpaired) electrons. The van der Waals surface area contributed by atoms with E-state index in [4.69, 9.17) is 4.74 Å². The maximum Gasteiger partial charge on any atom is 0.311 e. The molecular formula is C15H17N3O4. The molecule has 1 aromatic carbocycles. The van der Waals surface area contributed by atoms with E-state index in [1.165, 1.54) is 13.2 Å². The van der Waals surface area contributed by atoms with E-state index in [1.54, 1.807) is 36.7 Å². The van der Waals surface area contributed by atoms with Crippen LogP contribution in [0.3, 0.4) is 0 Å². The summed E-state index contributed by atoms with van der Waals surface area (Å²) in [7, 11) is 1.39. The molecule has 1 atom stereocenters. The van der Waals surface area contributed by atoms with Crippen LogP contribution in [0.25, 0.3) is 0 Å². The molecule has 0 spiro atoms. The molecule has 1 heterocycles. The molecule has 1 aromatic heterocycles. The lowest BCUT2D eigenvalue weighted by Gasteiger charge is -2.12. The van der Waals surface area contributed by atoms with Gasteiger partial charge in [0.1, 0.15) is 0 Å². The third-order valence-electron chi connectivity index (χ3n) is 3.20. The summed E-state index contributed by atoms with van der Waals surface area (Å²) in [5.74, 6) is 0.227. The highest BCUT2D eigenvalue weighted by molar-refractivity contribution is 5.48. The van der Waals surface area contributed by atoms with Crippen LogP contribution < -0.4 is 10.1 Å². The van der Waals surface area contributed by atoms with Crippen LogP contribution in [-0.2, 0) is 6.54 Å². The van der Waals surface area contributed by atoms with Crippen LogP contribution in [0.15, 0.2) is 42.7 Å². The third kappa shape index (κ3) is 4.00. The van der Waals surface area contributed by atoms with Crippen molar-refractivity contribution >= 4 is 5.69 Å². The standard InChI is InChI=1S/C15H17N3O4/c1-22-15-3-2-11(8-13(15)18(20)21)9-17-10-14(19)12-4-6-16-7-5-12/h2-8,14,17,19H,9-10H2,1H3. The first-order valence-corrected chi connectivity index (χ1v) is 6.72. The highest BCUT2D eigenvalue weighted by Crippen LogP contribution is 2.27. The van der Waals surface area contributed by atoms with Crippen LogP contribution in [0.4, 0.5) is 5.69 Å². The SMILES string of the molecule is COc1ccc(CNCC(O)c2ccncc2)cc1[N+](=O)[O-]. The van der Waals surface area contributed by atoms with E-state index in [-0.39, 0.29) is 11.4 Å². The van der Waals surface area contributed by atoms with Gasteiger partial charge in [-0.05, 0) is 29.3 Å². The van der Waals surface area contributed by atoms with Gasteiger partial charge in [0.05, 0.1) is 18.1 Å². The summed E-state index contributed by atoms with van der Waals surface area (Å²) in [6.07, 6.45) is 2.58.